The Balaban J connectivity index is 2.24. The Morgan fingerprint density at radius 1 is 1.45 bits per heavy atom. The number of halogens is 1. The second kappa shape index (κ2) is 8.10. The van der Waals surface area contributed by atoms with Crippen molar-refractivity contribution in [1.82, 2.24) is 4.90 Å². The maximum absolute atomic E-state index is 13.6. The lowest BCUT2D eigenvalue weighted by atomic mass is 9.98. The molecule has 1 aliphatic rings. The average Bonchev–Trinajstić information content (AvgIpc) is 2.54. The van der Waals surface area contributed by atoms with E-state index in [4.69, 9.17) is 15.6 Å². The Morgan fingerprint density at radius 3 is 3.00 bits per heavy atom. The van der Waals surface area contributed by atoms with Crippen LogP contribution in [0.5, 0.6) is 5.75 Å². The summed E-state index contributed by atoms with van der Waals surface area (Å²) in [5, 5.41) is 9.17. The van der Waals surface area contributed by atoms with E-state index in [9.17, 15) is 9.18 Å². The molecule has 122 valence electrons. The molecule has 0 unspecified atom stereocenters. The summed E-state index contributed by atoms with van der Waals surface area (Å²) in [6, 6.07) is 3.93. The first-order valence-corrected chi connectivity index (χ1v) is 7.71. The number of benzene rings is 1. The number of aliphatic hydroxyl groups excluding tert-OH is 1. The van der Waals surface area contributed by atoms with Gasteiger partial charge in [0.05, 0.1) is 5.56 Å². The van der Waals surface area contributed by atoms with Crippen LogP contribution in [0.1, 0.15) is 36.0 Å². The number of piperidine rings is 1. The molecule has 1 saturated heterocycles. The van der Waals surface area contributed by atoms with Crippen LogP contribution >= 0.6 is 0 Å². The summed E-state index contributed by atoms with van der Waals surface area (Å²) in [6.45, 7) is 1.25. The molecule has 6 heteroatoms. The second-order valence-electron chi connectivity index (χ2n) is 5.44. The molecule has 1 aromatic rings. The number of amides is 1. The molecule has 1 fully saturated rings. The van der Waals surface area contributed by atoms with Crippen molar-refractivity contribution in [3.8, 4) is 5.75 Å². The van der Waals surface area contributed by atoms with Crippen LogP contribution < -0.4 is 10.5 Å². The Kier molecular flexibility index (Phi) is 6.15. The van der Waals surface area contributed by atoms with Crippen LogP contribution in [0.4, 0.5) is 4.39 Å². The van der Waals surface area contributed by atoms with Gasteiger partial charge in [0, 0.05) is 25.7 Å². The minimum absolute atomic E-state index is 0.00289. The highest BCUT2D eigenvalue weighted by Gasteiger charge is 2.29. The molecule has 1 aromatic carbocycles. The summed E-state index contributed by atoms with van der Waals surface area (Å²) in [5.74, 6) is -0.367. The maximum atomic E-state index is 13.6. The van der Waals surface area contributed by atoms with Crippen LogP contribution in [-0.4, -0.2) is 48.3 Å². The third-order valence-electron chi connectivity index (χ3n) is 3.90. The lowest BCUT2D eigenvalue weighted by Gasteiger charge is -2.36. The summed E-state index contributed by atoms with van der Waals surface area (Å²) in [6.07, 6.45) is 3.36. The highest BCUT2D eigenvalue weighted by molar-refractivity contribution is 5.97. The van der Waals surface area contributed by atoms with Gasteiger partial charge in [-0.05, 0) is 43.9 Å². The normalized spacial score (nSPS) is 18.3. The number of nitrogens with two attached hydrogens (primary N) is 1. The first-order valence-electron chi connectivity index (χ1n) is 7.71. The Hall–Kier alpha value is -1.66. The molecule has 0 spiro atoms. The van der Waals surface area contributed by atoms with E-state index in [1.165, 1.54) is 18.2 Å². The smallest absolute Gasteiger partial charge is 0.257 e. The van der Waals surface area contributed by atoms with Crippen molar-refractivity contribution in [3.63, 3.8) is 0 Å². The summed E-state index contributed by atoms with van der Waals surface area (Å²) < 4.78 is 19.0. The molecule has 3 N–H and O–H groups in total. The summed E-state index contributed by atoms with van der Waals surface area (Å²) in [5.41, 5.74) is 5.64. The number of hydrogen-bond acceptors (Lipinski definition) is 4. The van der Waals surface area contributed by atoms with Crippen molar-refractivity contribution in [2.45, 2.75) is 31.7 Å². The number of hydrogen-bond donors (Lipinski definition) is 2. The predicted octanol–water partition coefficient (Wildman–Crippen LogP) is 1.54. The van der Waals surface area contributed by atoms with Gasteiger partial charge in [-0.25, -0.2) is 4.39 Å². The lowest BCUT2D eigenvalue weighted by molar-refractivity contribution is 0.0570. The monoisotopic (exact) mass is 310 g/mol. The van der Waals surface area contributed by atoms with Gasteiger partial charge in [0.1, 0.15) is 18.2 Å². The molecule has 1 amide bonds. The fraction of sp³-hybridized carbons (Fsp3) is 0.562. The molecule has 1 atom stereocenters. The van der Waals surface area contributed by atoms with E-state index in [2.05, 4.69) is 0 Å². The van der Waals surface area contributed by atoms with E-state index in [1.54, 1.807) is 4.90 Å². The van der Waals surface area contributed by atoms with Crippen molar-refractivity contribution in [2.24, 2.45) is 5.73 Å². The van der Waals surface area contributed by atoms with Crippen molar-refractivity contribution < 1.29 is 19.0 Å². The van der Waals surface area contributed by atoms with E-state index in [-0.39, 0.29) is 30.7 Å². The highest BCUT2D eigenvalue weighted by atomic mass is 19.1. The van der Waals surface area contributed by atoms with Crippen molar-refractivity contribution in [1.29, 1.82) is 0 Å². The van der Waals surface area contributed by atoms with E-state index >= 15 is 0 Å². The molecule has 0 bridgehead atoms. The number of rotatable bonds is 6. The number of ether oxygens (including phenoxy) is 1. The van der Waals surface area contributed by atoms with Crippen LogP contribution in [-0.2, 0) is 0 Å². The Bertz CT molecular complexity index is 508. The molecule has 0 radical (unpaired) electrons. The minimum Gasteiger partial charge on any atom is -0.491 e. The highest BCUT2D eigenvalue weighted by Crippen LogP contribution is 2.26. The van der Waals surface area contributed by atoms with E-state index < -0.39 is 5.82 Å². The first kappa shape index (κ1) is 16.7. The third-order valence-corrected chi connectivity index (χ3v) is 3.90. The van der Waals surface area contributed by atoms with Gasteiger partial charge in [-0.1, -0.05) is 0 Å². The summed E-state index contributed by atoms with van der Waals surface area (Å²) in [7, 11) is 0. The summed E-state index contributed by atoms with van der Waals surface area (Å²) in [4.78, 5) is 14.5. The van der Waals surface area contributed by atoms with Gasteiger partial charge in [0.15, 0.2) is 0 Å². The molecule has 1 heterocycles. The average molecular weight is 310 g/mol. The van der Waals surface area contributed by atoms with Crippen molar-refractivity contribution in [2.75, 3.05) is 26.3 Å². The van der Waals surface area contributed by atoms with E-state index in [0.29, 0.717) is 25.3 Å². The topological polar surface area (TPSA) is 75.8 Å². The van der Waals surface area contributed by atoms with Crippen LogP contribution in [0.15, 0.2) is 18.2 Å². The molecule has 1 aliphatic heterocycles. The minimum atomic E-state index is -0.473. The Labute approximate surface area is 129 Å². The van der Waals surface area contributed by atoms with Gasteiger partial charge in [0.25, 0.3) is 5.91 Å². The maximum Gasteiger partial charge on any atom is 0.257 e. The molecule has 2 rings (SSSR count). The molecule has 0 aromatic heterocycles. The zero-order chi connectivity index (χ0) is 15.9. The standard InChI is InChI=1S/C16H23FN2O3/c17-12-4-5-15(22-10-7-18)14(11-12)16(21)19-8-2-1-3-13(19)6-9-20/h4-5,11,13,20H,1-3,6-10,18H2/t13-/m1/s1. The fourth-order valence-corrected chi connectivity index (χ4v) is 2.84. The predicted molar refractivity (Wildman–Crippen MR) is 81.3 cm³/mol. The van der Waals surface area contributed by atoms with E-state index in [0.717, 1.165) is 19.3 Å². The van der Waals surface area contributed by atoms with Gasteiger partial charge >= 0.3 is 0 Å². The fourth-order valence-electron chi connectivity index (χ4n) is 2.84. The van der Waals surface area contributed by atoms with Gasteiger partial charge in [-0.3, -0.25) is 4.79 Å². The Morgan fingerprint density at radius 2 is 2.27 bits per heavy atom. The summed E-state index contributed by atoms with van der Waals surface area (Å²) >= 11 is 0. The quantitative estimate of drug-likeness (QED) is 0.836. The van der Waals surface area contributed by atoms with Gasteiger partial charge < -0.3 is 20.5 Å². The van der Waals surface area contributed by atoms with Gasteiger partial charge in [0.2, 0.25) is 0 Å². The number of nitrogens with zero attached hydrogens (tertiary/aromatic N) is 1. The lowest BCUT2D eigenvalue weighted by Crippen LogP contribution is -2.44. The zero-order valence-corrected chi connectivity index (χ0v) is 12.6. The van der Waals surface area contributed by atoms with Crippen LogP contribution in [0.3, 0.4) is 0 Å². The second-order valence-corrected chi connectivity index (χ2v) is 5.44. The molecule has 0 saturated carbocycles. The van der Waals surface area contributed by atoms with Gasteiger partial charge in [-0.15, -0.1) is 0 Å². The number of likely N-dealkylation sites (tertiary alicyclic amines) is 1. The van der Waals surface area contributed by atoms with Gasteiger partial charge in [-0.2, -0.15) is 0 Å². The molecular formula is C16H23FN2O3. The van der Waals surface area contributed by atoms with E-state index in [1.807, 2.05) is 0 Å². The number of carbonyl (C=O) groups is 1. The number of aliphatic hydroxyl groups is 1. The molecule has 22 heavy (non-hydrogen) atoms. The molecular weight excluding hydrogens is 287 g/mol. The third kappa shape index (κ3) is 3.96. The van der Waals surface area contributed by atoms with Crippen molar-refractivity contribution in [3.05, 3.63) is 29.6 Å². The van der Waals surface area contributed by atoms with Crippen LogP contribution in [0, 0.1) is 5.82 Å². The molecule has 0 aliphatic carbocycles. The van der Waals surface area contributed by atoms with Crippen LogP contribution in [0.25, 0.3) is 0 Å². The number of carbonyl (C=O) groups excluding carboxylic acids is 1. The SMILES string of the molecule is NCCOc1ccc(F)cc1C(=O)N1CCCC[C@@H]1CCO. The van der Waals surface area contributed by atoms with Crippen molar-refractivity contribution >= 4 is 5.91 Å². The largest absolute Gasteiger partial charge is 0.491 e. The zero-order valence-electron chi connectivity index (χ0n) is 12.6. The molecule has 5 nitrogen and oxygen atoms in total. The van der Waals surface area contributed by atoms with Crippen LogP contribution in [0.2, 0.25) is 0 Å². The first-order chi connectivity index (χ1) is 10.7.